The van der Waals surface area contributed by atoms with Crippen LogP contribution >= 0.6 is 0 Å². The van der Waals surface area contributed by atoms with E-state index in [9.17, 15) is 9.90 Å². The van der Waals surface area contributed by atoms with Gasteiger partial charge in [-0.05, 0) is 32.8 Å². The van der Waals surface area contributed by atoms with Gasteiger partial charge in [0, 0.05) is 19.2 Å². The van der Waals surface area contributed by atoms with Crippen molar-refractivity contribution in [3.8, 4) is 0 Å². The van der Waals surface area contributed by atoms with Crippen molar-refractivity contribution in [2.45, 2.75) is 6.10 Å². The van der Waals surface area contributed by atoms with Gasteiger partial charge in [-0.25, -0.2) is 0 Å². The number of rotatable bonds is 8. The number of aliphatic hydroxyl groups excluding tert-OH is 1. The van der Waals surface area contributed by atoms with Gasteiger partial charge in [0.25, 0.3) is 0 Å². The number of nitrogens with one attached hydrogen (secondary N) is 1. The van der Waals surface area contributed by atoms with E-state index in [-0.39, 0.29) is 5.91 Å². The van der Waals surface area contributed by atoms with E-state index in [4.69, 9.17) is 0 Å². The molecule has 2 N–H and O–H groups in total. The molecule has 0 aliphatic heterocycles. The standard InChI is InChI=1S/C16H25N3O2/c1-18(2)11-15(20)12-19(3)13-17-16(21)10-9-14-7-5-4-6-8-14/h4-10,15,20H,11-13H2,1-3H3,(H,17,21). The van der Waals surface area contributed by atoms with Crippen LogP contribution in [0, 0.1) is 0 Å². The minimum absolute atomic E-state index is 0.146. The van der Waals surface area contributed by atoms with Crippen LogP contribution in [0.4, 0.5) is 0 Å². The molecule has 5 nitrogen and oxygen atoms in total. The van der Waals surface area contributed by atoms with E-state index in [1.165, 1.54) is 6.08 Å². The third-order valence-electron chi connectivity index (χ3n) is 2.85. The van der Waals surface area contributed by atoms with Crippen LogP contribution in [0.15, 0.2) is 36.4 Å². The van der Waals surface area contributed by atoms with Gasteiger partial charge >= 0.3 is 0 Å². The summed E-state index contributed by atoms with van der Waals surface area (Å²) in [7, 11) is 5.69. The first-order valence-corrected chi connectivity index (χ1v) is 6.99. The molecule has 1 rings (SSSR count). The Hall–Kier alpha value is -1.69. The number of hydrogen-bond donors (Lipinski definition) is 2. The molecule has 21 heavy (non-hydrogen) atoms. The Morgan fingerprint density at radius 3 is 2.52 bits per heavy atom. The molecular formula is C16H25N3O2. The lowest BCUT2D eigenvalue weighted by atomic mass is 10.2. The molecule has 1 aromatic rings. The Labute approximate surface area is 126 Å². The number of aliphatic hydroxyl groups is 1. The molecular weight excluding hydrogens is 266 g/mol. The highest BCUT2D eigenvalue weighted by atomic mass is 16.3. The summed E-state index contributed by atoms with van der Waals surface area (Å²) in [5.41, 5.74) is 0.988. The second kappa shape index (κ2) is 9.28. The zero-order valence-electron chi connectivity index (χ0n) is 13.0. The number of likely N-dealkylation sites (N-methyl/N-ethyl adjacent to an activating group) is 2. The summed E-state index contributed by atoms with van der Waals surface area (Å²) in [6, 6.07) is 9.67. The number of nitrogens with zero attached hydrogens (tertiary/aromatic N) is 2. The number of carbonyl (C=O) groups excluding carboxylic acids is 1. The fourth-order valence-electron chi connectivity index (χ4n) is 1.91. The SMILES string of the molecule is CN(C)CC(O)CN(C)CNC(=O)C=Cc1ccccc1. The van der Waals surface area contributed by atoms with Gasteiger partial charge in [0.15, 0.2) is 0 Å². The Morgan fingerprint density at radius 2 is 1.90 bits per heavy atom. The Morgan fingerprint density at radius 1 is 1.24 bits per heavy atom. The third kappa shape index (κ3) is 8.24. The lowest BCUT2D eigenvalue weighted by molar-refractivity contribution is -0.117. The van der Waals surface area contributed by atoms with Gasteiger partial charge in [-0.1, -0.05) is 30.3 Å². The van der Waals surface area contributed by atoms with E-state index in [0.29, 0.717) is 19.8 Å². The average Bonchev–Trinajstić information content (AvgIpc) is 2.43. The van der Waals surface area contributed by atoms with Crippen LogP contribution < -0.4 is 5.32 Å². The predicted molar refractivity (Wildman–Crippen MR) is 85.7 cm³/mol. The summed E-state index contributed by atoms with van der Waals surface area (Å²) in [6.07, 6.45) is 2.86. The topological polar surface area (TPSA) is 55.8 Å². The molecule has 1 unspecified atom stereocenters. The molecule has 0 fully saturated rings. The fourth-order valence-corrected chi connectivity index (χ4v) is 1.91. The van der Waals surface area contributed by atoms with Crippen LogP contribution in [0.1, 0.15) is 5.56 Å². The summed E-state index contributed by atoms with van der Waals surface area (Å²) in [5, 5.41) is 12.6. The molecule has 0 bridgehead atoms. The van der Waals surface area contributed by atoms with Crippen molar-refractivity contribution in [1.29, 1.82) is 0 Å². The molecule has 0 spiro atoms. The molecule has 116 valence electrons. The first-order valence-electron chi connectivity index (χ1n) is 6.99. The van der Waals surface area contributed by atoms with Crippen molar-refractivity contribution in [3.63, 3.8) is 0 Å². The highest BCUT2D eigenvalue weighted by Gasteiger charge is 2.09. The van der Waals surface area contributed by atoms with Gasteiger partial charge in [0.1, 0.15) is 0 Å². The van der Waals surface area contributed by atoms with Crippen molar-refractivity contribution >= 4 is 12.0 Å². The van der Waals surface area contributed by atoms with Crippen molar-refractivity contribution in [2.75, 3.05) is 40.9 Å². The van der Waals surface area contributed by atoms with E-state index in [1.807, 2.05) is 61.3 Å². The zero-order valence-corrected chi connectivity index (χ0v) is 13.0. The summed E-state index contributed by atoms with van der Waals surface area (Å²) < 4.78 is 0. The lowest BCUT2D eigenvalue weighted by Gasteiger charge is -2.22. The predicted octanol–water partition coefficient (Wildman–Crippen LogP) is 0.628. The lowest BCUT2D eigenvalue weighted by Crippen LogP contribution is -2.41. The molecule has 0 saturated carbocycles. The maximum Gasteiger partial charge on any atom is 0.245 e. The normalized spacial score (nSPS) is 13.0. The Kier molecular flexibility index (Phi) is 7.68. The molecule has 5 heteroatoms. The van der Waals surface area contributed by atoms with Gasteiger partial charge in [0.05, 0.1) is 12.8 Å². The van der Waals surface area contributed by atoms with E-state index in [2.05, 4.69) is 5.32 Å². The van der Waals surface area contributed by atoms with E-state index in [0.717, 1.165) is 5.56 Å². The first-order chi connectivity index (χ1) is 9.97. The second-order valence-electron chi connectivity index (χ2n) is 5.40. The number of carbonyl (C=O) groups is 1. The van der Waals surface area contributed by atoms with Crippen LogP contribution in [0.25, 0.3) is 6.08 Å². The smallest absolute Gasteiger partial charge is 0.245 e. The monoisotopic (exact) mass is 291 g/mol. The van der Waals surface area contributed by atoms with E-state index < -0.39 is 6.10 Å². The second-order valence-corrected chi connectivity index (χ2v) is 5.40. The number of benzene rings is 1. The average molecular weight is 291 g/mol. The van der Waals surface area contributed by atoms with Gasteiger partial charge in [0.2, 0.25) is 5.91 Å². The van der Waals surface area contributed by atoms with Gasteiger partial charge < -0.3 is 15.3 Å². The van der Waals surface area contributed by atoms with Crippen LogP contribution in [-0.4, -0.2) is 67.8 Å². The fraction of sp³-hybridized carbons (Fsp3) is 0.438. The summed E-state index contributed by atoms with van der Waals surface area (Å²) in [5.74, 6) is -0.146. The molecule has 0 aliphatic carbocycles. The largest absolute Gasteiger partial charge is 0.390 e. The van der Waals surface area contributed by atoms with Crippen molar-refractivity contribution in [2.24, 2.45) is 0 Å². The Bertz CT molecular complexity index is 446. The minimum atomic E-state index is -0.429. The van der Waals surface area contributed by atoms with Crippen LogP contribution in [-0.2, 0) is 4.79 Å². The van der Waals surface area contributed by atoms with Gasteiger partial charge in [-0.15, -0.1) is 0 Å². The molecule has 0 heterocycles. The summed E-state index contributed by atoms with van der Waals surface area (Å²) in [6.45, 7) is 1.52. The quantitative estimate of drug-likeness (QED) is 0.545. The van der Waals surface area contributed by atoms with Crippen LogP contribution in [0.5, 0.6) is 0 Å². The van der Waals surface area contributed by atoms with Crippen LogP contribution in [0.3, 0.4) is 0 Å². The highest BCUT2D eigenvalue weighted by molar-refractivity contribution is 5.91. The molecule has 1 atom stereocenters. The molecule has 1 aromatic carbocycles. The summed E-state index contributed by atoms with van der Waals surface area (Å²) in [4.78, 5) is 15.5. The molecule has 0 saturated heterocycles. The van der Waals surface area contributed by atoms with E-state index >= 15 is 0 Å². The van der Waals surface area contributed by atoms with Crippen LogP contribution in [0.2, 0.25) is 0 Å². The maximum absolute atomic E-state index is 11.7. The first kappa shape index (κ1) is 17.4. The molecule has 0 aliphatic rings. The van der Waals surface area contributed by atoms with Crippen molar-refractivity contribution in [1.82, 2.24) is 15.1 Å². The number of amides is 1. The Balaban J connectivity index is 2.28. The van der Waals surface area contributed by atoms with Crippen molar-refractivity contribution < 1.29 is 9.90 Å². The van der Waals surface area contributed by atoms with Crippen molar-refractivity contribution in [3.05, 3.63) is 42.0 Å². The summed E-state index contributed by atoms with van der Waals surface area (Å²) >= 11 is 0. The number of hydrogen-bond acceptors (Lipinski definition) is 4. The maximum atomic E-state index is 11.7. The van der Waals surface area contributed by atoms with Gasteiger partial charge in [-0.3, -0.25) is 9.69 Å². The highest BCUT2D eigenvalue weighted by Crippen LogP contribution is 2.00. The van der Waals surface area contributed by atoms with E-state index in [1.54, 1.807) is 6.08 Å². The molecule has 0 radical (unpaired) electrons. The minimum Gasteiger partial charge on any atom is -0.390 e. The van der Waals surface area contributed by atoms with Gasteiger partial charge in [-0.2, -0.15) is 0 Å². The molecule has 1 amide bonds. The molecule has 0 aromatic heterocycles. The zero-order chi connectivity index (χ0) is 15.7. The third-order valence-corrected chi connectivity index (χ3v) is 2.85.